The van der Waals surface area contributed by atoms with Crippen molar-refractivity contribution in [1.29, 1.82) is 0 Å². The summed E-state index contributed by atoms with van der Waals surface area (Å²) in [5, 5.41) is 6.20. The van der Waals surface area contributed by atoms with Crippen LogP contribution in [0.2, 0.25) is 0 Å². The maximum Gasteiger partial charge on any atom is 0.0843 e. The zero-order chi connectivity index (χ0) is 12.5. The predicted molar refractivity (Wildman–Crippen MR) is 74.9 cm³/mol. The number of aryl methyl sites for hydroxylation is 1. The molecular formula is C14H18ClN3. The largest absolute Gasteiger partial charge is 0.296 e. The normalized spacial score (nSPS) is 21.6. The lowest BCUT2D eigenvalue weighted by molar-refractivity contribution is 0.222. The molecule has 3 nitrogen and oxygen atoms in total. The molecule has 0 bridgehead atoms. The minimum Gasteiger partial charge on any atom is -0.296 e. The van der Waals surface area contributed by atoms with Crippen LogP contribution in [0, 0.1) is 0 Å². The highest BCUT2D eigenvalue weighted by molar-refractivity contribution is 6.20. The zero-order valence-corrected chi connectivity index (χ0v) is 11.4. The first kappa shape index (κ1) is 12.0. The molecule has 1 aliphatic heterocycles. The van der Waals surface area contributed by atoms with Gasteiger partial charge in [0.15, 0.2) is 0 Å². The van der Waals surface area contributed by atoms with Gasteiger partial charge in [-0.25, -0.2) is 0 Å². The highest BCUT2D eigenvalue weighted by atomic mass is 35.5. The van der Waals surface area contributed by atoms with Gasteiger partial charge in [-0.15, -0.1) is 11.6 Å². The molecule has 1 aromatic heterocycles. The van der Waals surface area contributed by atoms with Crippen LogP contribution < -0.4 is 0 Å². The lowest BCUT2D eigenvalue weighted by Gasteiger charge is -2.28. The van der Waals surface area contributed by atoms with Crippen molar-refractivity contribution in [1.82, 2.24) is 14.7 Å². The fraction of sp³-hybridized carbons (Fsp3) is 0.500. The van der Waals surface area contributed by atoms with E-state index in [4.69, 9.17) is 11.6 Å². The fourth-order valence-electron chi connectivity index (χ4n) is 2.76. The zero-order valence-electron chi connectivity index (χ0n) is 10.6. The minimum absolute atomic E-state index is 0.300. The maximum absolute atomic E-state index is 6.23. The molecular weight excluding hydrogens is 246 g/mol. The third-order valence-electron chi connectivity index (χ3n) is 3.66. The number of piperidine rings is 1. The Morgan fingerprint density at radius 3 is 3.06 bits per heavy atom. The second-order valence-electron chi connectivity index (χ2n) is 5.06. The molecule has 3 rings (SSSR count). The van der Waals surface area contributed by atoms with Gasteiger partial charge in [0.25, 0.3) is 0 Å². The van der Waals surface area contributed by atoms with E-state index in [1.807, 2.05) is 11.7 Å². The first-order chi connectivity index (χ1) is 8.74. The average molecular weight is 264 g/mol. The van der Waals surface area contributed by atoms with E-state index in [1.165, 1.54) is 23.0 Å². The SMILES string of the molecule is Cn1nc(CN2CCCC(Cl)C2)c2ccccc21. The van der Waals surface area contributed by atoms with Gasteiger partial charge in [-0.3, -0.25) is 9.58 Å². The van der Waals surface area contributed by atoms with Crippen LogP contribution >= 0.6 is 11.6 Å². The topological polar surface area (TPSA) is 21.1 Å². The maximum atomic E-state index is 6.23. The lowest BCUT2D eigenvalue weighted by Crippen LogP contribution is -2.35. The summed E-state index contributed by atoms with van der Waals surface area (Å²) in [7, 11) is 2.01. The third kappa shape index (κ3) is 2.25. The van der Waals surface area contributed by atoms with Crippen LogP contribution in [0.5, 0.6) is 0 Å². The second-order valence-corrected chi connectivity index (χ2v) is 5.68. The summed E-state index contributed by atoms with van der Waals surface area (Å²) in [6.45, 7) is 3.02. The Morgan fingerprint density at radius 1 is 1.39 bits per heavy atom. The van der Waals surface area contributed by atoms with E-state index in [-0.39, 0.29) is 0 Å². The molecule has 0 saturated carbocycles. The molecule has 0 aliphatic carbocycles. The fourth-order valence-corrected chi connectivity index (χ4v) is 3.11. The number of alkyl halides is 1. The van der Waals surface area contributed by atoms with E-state index in [1.54, 1.807) is 0 Å². The summed E-state index contributed by atoms with van der Waals surface area (Å²) in [4.78, 5) is 2.41. The van der Waals surface area contributed by atoms with Crippen LogP contribution in [0.3, 0.4) is 0 Å². The van der Waals surface area contributed by atoms with Crippen molar-refractivity contribution in [2.45, 2.75) is 24.8 Å². The van der Waals surface area contributed by atoms with Crippen LogP contribution in [-0.2, 0) is 13.6 Å². The van der Waals surface area contributed by atoms with Crippen LogP contribution in [0.15, 0.2) is 24.3 Å². The van der Waals surface area contributed by atoms with Crippen LogP contribution in [0.4, 0.5) is 0 Å². The standard InChI is InChI=1S/C14H18ClN3/c1-17-14-7-3-2-6-12(14)13(16-17)10-18-8-4-5-11(15)9-18/h2-3,6-7,11H,4-5,8-10H2,1H3. The third-order valence-corrected chi connectivity index (χ3v) is 4.01. The highest BCUT2D eigenvalue weighted by Crippen LogP contribution is 2.22. The number of para-hydroxylation sites is 1. The van der Waals surface area contributed by atoms with Crippen molar-refractivity contribution in [3.63, 3.8) is 0 Å². The molecule has 0 radical (unpaired) electrons. The number of halogens is 1. The number of fused-ring (bicyclic) bond motifs is 1. The smallest absolute Gasteiger partial charge is 0.0843 e. The van der Waals surface area contributed by atoms with E-state index in [2.05, 4.69) is 34.3 Å². The van der Waals surface area contributed by atoms with Crippen LogP contribution in [-0.4, -0.2) is 33.1 Å². The summed E-state index contributed by atoms with van der Waals surface area (Å²) in [5.41, 5.74) is 2.37. The first-order valence-corrected chi connectivity index (χ1v) is 6.95. The van der Waals surface area contributed by atoms with Gasteiger partial charge in [0.2, 0.25) is 0 Å². The molecule has 1 unspecified atom stereocenters. The van der Waals surface area contributed by atoms with Gasteiger partial charge in [0.1, 0.15) is 0 Å². The number of rotatable bonds is 2. The van der Waals surface area contributed by atoms with Gasteiger partial charge in [0, 0.05) is 30.9 Å². The summed E-state index contributed by atoms with van der Waals surface area (Å²) in [6, 6.07) is 8.41. The van der Waals surface area contributed by atoms with Crippen LogP contribution in [0.1, 0.15) is 18.5 Å². The van der Waals surface area contributed by atoms with Crippen molar-refractivity contribution < 1.29 is 0 Å². The van der Waals surface area contributed by atoms with Gasteiger partial charge < -0.3 is 0 Å². The van der Waals surface area contributed by atoms with Crippen molar-refractivity contribution >= 4 is 22.5 Å². The summed E-state index contributed by atoms with van der Waals surface area (Å²) in [6.07, 6.45) is 2.33. The molecule has 1 aliphatic rings. The Kier molecular flexibility index (Phi) is 3.27. The molecule has 0 spiro atoms. The summed E-state index contributed by atoms with van der Waals surface area (Å²) >= 11 is 6.23. The molecule has 96 valence electrons. The van der Waals surface area contributed by atoms with Crippen molar-refractivity contribution in [3.05, 3.63) is 30.0 Å². The number of likely N-dealkylation sites (tertiary alicyclic amines) is 1. The molecule has 1 saturated heterocycles. The van der Waals surface area contributed by atoms with E-state index in [0.717, 1.165) is 26.1 Å². The van der Waals surface area contributed by atoms with E-state index < -0.39 is 0 Å². The van der Waals surface area contributed by atoms with Gasteiger partial charge in [-0.2, -0.15) is 5.10 Å². The number of hydrogen-bond donors (Lipinski definition) is 0. The van der Waals surface area contributed by atoms with Gasteiger partial charge in [0.05, 0.1) is 11.2 Å². The Hall–Kier alpha value is -1.06. The number of hydrogen-bond acceptors (Lipinski definition) is 2. The van der Waals surface area contributed by atoms with Crippen molar-refractivity contribution in [2.24, 2.45) is 7.05 Å². The molecule has 2 aromatic rings. The molecule has 0 amide bonds. The molecule has 2 heterocycles. The molecule has 18 heavy (non-hydrogen) atoms. The van der Waals surface area contributed by atoms with E-state index in [0.29, 0.717) is 5.38 Å². The average Bonchev–Trinajstić information content (AvgIpc) is 2.67. The molecule has 4 heteroatoms. The Labute approximate surface area is 112 Å². The monoisotopic (exact) mass is 263 g/mol. The Morgan fingerprint density at radius 2 is 2.22 bits per heavy atom. The van der Waals surface area contributed by atoms with Crippen LogP contribution in [0.25, 0.3) is 10.9 Å². The lowest BCUT2D eigenvalue weighted by atomic mass is 10.1. The summed E-state index contributed by atoms with van der Waals surface area (Å²) in [5.74, 6) is 0. The number of aromatic nitrogens is 2. The van der Waals surface area contributed by atoms with Gasteiger partial charge in [-0.1, -0.05) is 18.2 Å². The molecule has 1 fully saturated rings. The number of nitrogens with zero attached hydrogens (tertiary/aromatic N) is 3. The second kappa shape index (κ2) is 4.90. The van der Waals surface area contributed by atoms with E-state index >= 15 is 0 Å². The molecule has 0 N–H and O–H groups in total. The summed E-state index contributed by atoms with van der Waals surface area (Å²) < 4.78 is 1.97. The Balaban J connectivity index is 1.86. The van der Waals surface area contributed by atoms with Gasteiger partial charge in [-0.05, 0) is 25.5 Å². The predicted octanol–water partition coefficient (Wildman–Crippen LogP) is 2.78. The highest BCUT2D eigenvalue weighted by Gasteiger charge is 2.19. The van der Waals surface area contributed by atoms with Gasteiger partial charge >= 0.3 is 0 Å². The first-order valence-electron chi connectivity index (χ1n) is 6.51. The Bertz CT molecular complexity index is 549. The van der Waals surface area contributed by atoms with Crippen molar-refractivity contribution in [3.8, 4) is 0 Å². The number of benzene rings is 1. The minimum atomic E-state index is 0.300. The van der Waals surface area contributed by atoms with E-state index in [9.17, 15) is 0 Å². The molecule has 1 aromatic carbocycles. The van der Waals surface area contributed by atoms with Crippen molar-refractivity contribution in [2.75, 3.05) is 13.1 Å². The quantitative estimate of drug-likeness (QED) is 0.777. The molecule has 1 atom stereocenters.